The van der Waals surface area contributed by atoms with Crippen LogP contribution in [0.4, 0.5) is 5.95 Å². The number of hydrogen-bond donors (Lipinski definition) is 1. The number of amides is 1. The number of aromatic amines is 1. The number of halogens is 1. The van der Waals surface area contributed by atoms with E-state index in [1.165, 1.54) is 6.26 Å². The number of carbonyl (C=O) groups is 1. The second-order valence-electron chi connectivity index (χ2n) is 7.13. The molecular weight excluding hydrogens is 416 g/mol. The van der Waals surface area contributed by atoms with Crippen molar-refractivity contribution in [2.45, 2.75) is 0 Å². The molecule has 1 fully saturated rings. The fourth-order valence-corrected chi connectivity index (χ4v) is 3.73. The molecule has 0 bridgehead atoms. The Bertz CT molecular complexity index is 1170. The Balaban J connectivity index is 1.41. The van der Waals surface area contributed by atoms with Crippen molar-refractivity contribution in [3.8, 4) is 22.6 Å². The van der Waals surface area contributed by atoms with Gasteiger partial charge >= 0.3 is 0 Å². The average molecular weight is 435 g/mol. The van der Waals surface area contributed by atoms with Gasteiger partial charge in [0, 0.05) is 55.4 Å². The highest BCUT2D eigenvalue weighted by Gasteiger charge is 2.25. The number of benzene rings is 1. The number of rotatable bonds is 4. The van der Waals surface area contributed by atoms with Crippen LogP contribution in [0.5, 0.6) is 0 Å². The minimum absolute atomic E-state index is 0.0967. The van der Waals surface area contributed by atoms with Crippen LogP contribution in [-0.4, -0.2) is 56.9 Å². The number of carbonyl (C=O) groups excluding carboxylic acids is 1. The van der Waals surface area contributed by atoms with Crippen molar-refractivity contribution < 1.29 is 9.21 Å². The molecule has 9 heteroatoms. The van der Waals surface area contributed by atoms with E-state index in [1.807, 2.05) is 24.3 Å². The lowest BCUT2D eigenvalue weighted by Crippen LogP contribution is -2.49. The Labute approximate surface area is 183 Å². The van der Waals surface area contributed by atoms with Gasteiger partial charge in [0.25, 0.3) is 5.91 Å². The van der Waals surface area contributed by atoms with Gasteiger partial charge in [0.15, 0.2) is 5.76 Å². The summed E-state index contributed by atoms with van der Waals surface area (Å²) in [6.07, 6.45) is 6.76. The molecule has 0 spiro atoms. The third-order valence-electron chi connectivity index (χ3n) is 5.23. The highest BCUT2D eigenvalue weighted by Crippen LogP contribution is 2.30. The fourth-order valence-electron chi connectivity index (χ4n) is 3.60. The summed E-state index contributed by atoms with van der Waals surface area (Å²) in [4.78, 5) is 33.3. The molecule has 1 aliphatic rings. The van der Waals surface area contributed by atoms with E-state index >= 15 is 0 Å². The van der Waals surface area contributed by atoms with Crippen LogP contribution in [0.15, 0.2) is 65.7 Å². The van der Waals surface area contributed by atoms with Crippen molar-refractivity contribution in [1.29, 1.82) is 0 Å². The predicted molar refractivity (Wildman–Crippen MR) is 117 cm³/mol. The minimum atomic E-state index is -0.0967. The normalized spacial score (nSPS) is 14.1. The lowest BCUT2D eigenvalue weighted by Gasteiger charge is -2.34. The average Bonchev–Trinajstić information content (AvgIpc) is 3.53. The van der Waals surface area contributed by atoms with E-state index in [0.717, 1.165) is 16.8 Å². The van der Waals surface area contributed by atoms with Crippen molar-refractivity contribution in [2.24, 2.45) is 0 Å². The molecule has 31 heavy (non-hydrogen) atoms. The van der Waals surface area contributed by atoms with E-state index in [4.69, 9.17) is 21.0 Å². The van der Waals surface area contributed by atoms with Crippen LogP contribution in [0.25, 0.3) is 22.6 Å². The van der Waals surface area contributed by atoms with Gasteiger partial charge in [-0.05, 0) is 24.3 Å². The van der Waals surface area contributed by atoms with Crippen LogP contribution >= 0.6 is 11.6 Å². The SMILES string of the molecule is O=C(c1ccco1)N1CCN(c2ncc(-c3ncc[nH]3)c(-c3ccc(Cl)cc3)n2)CC1. The number of furan rings is 1. The molecule has 0 saturated carbocycles. The molecule has 4 aromatic rings. The number of aromatic nitrogens is 4. The summed E-state index contributed by atoms with van der Waals surface area (Å²) in [7, 11) is 0. The topological polar surface area (TPSA) is 91.2 Å². The molecule has 156 valence electrons. The van der Waals surface area contributed by atoms with E-state index in [0.29, 0.717) is 48.7 Å². The second kappa shape index (κ2) is 8.23. The number of H-pyrrole nitrogens is 1. The molecule has 0 atom stereocenters. The Hall–Kier alpha value is -3.65. The Morgan fingerprint density at radius 2 is 1.87 bits per heavy atom. The highest BCUT2D eigenvalue weighted by molar-refractivity contribution is 6.30. The molecule has 1 amide bonds. The van der Waals surface area contributed by atoms with Gasteiger partial charge in [-0.15, -0.1) is 0 Å². The first kappa shape index (κ1) is 19.3. The standard InChI is InChI=1S/C22H19ClN6O2/c23-16-5-3-15(4-6-16)19-17(20-24-7-8-25-20)14-26-22(27-19)29-11-9-28(10-12-29)21(30)18-2-1-13-31-18/h1-8,13-14H,9-12H2,(H,24,25). The molecule has 3 aromatic heterocycles. The van der Waals surface area contributed by atoms with Crippen LogP contribution in [0.1, 0.15) is 10.6 Å². The zero-order valence-corrected chi connectivity index (χ0v) is 17.3. The summed E-state index contributed by atoms with van der Waals surface area (Å²) in [5, 5.41) is 0.662. The summed E-state index contributed by atoms with van der Waals surface area (Å²) in [6.45, 7) is 2.40. The maximum Gasteiger partial charge on any atom is 0.289 e. The van der Waals surface area contributed by atoms with Crippen LogP contribution in [0, 0.1) is 0 Å². The summed E-state index contributed by atoms with van der Waals surface area (Å²) in [5.74, 6) is 1.58. The largest absolute Gasteiger partial charge is 0.459 e. The van der Waals surface area contributed by atoms with Crippen molar-refractivity contribution >= 4 is 23.5 Å². The number of imidazole rings is 1. The van der Waals surface area contributed by atoms with Gasteiger partial charge in [-0.25, -0.2) is 15.0 Å². The molecular formula is C22H19ClN6O2. The number of piperazine rings is 1. The van der Waals surface area contributed by atoms with Crippen molar-refractivity contribution in [3.05, 3.63) is 72.0 Å². The van der Waals surface area contributed by atoms with Crippen LogP contribution in [0.3, 0.4) is 0 Å². The molecule has 4 heterocycles. The van der Waals surface area contributed by atoms with E-state index in [-0.39, 0.29) is 5.91 Å². The number of nitrogens with one attached hydrogen (secondary N) is 1. The first-order chi connectivity index (χ1) is 15.2. The van der Waals surface area contributed by atoms with Crippen molar-refractivity contribution in [2.75, 3.05) is 31.1 Å². The smallest absolute Gasteiger partial charge is 0.289 e. The number of nitrogens with zero attached hydrogens (tertiary/aromatic N) is 5. The first-order valence-electron chi connectivity index (χ1n) is 9.89. The third-order valence-corrected chi connectivity index (χ3v) is 5.48. The van der Waals surface area contributed by atoms with E-state index in [2.05, 4.69) is 19.9 Å². The highest BCUT2D eigenvalue weighted by atomic mass is 35.5. The molecule has 0 unspecified atom stereocenters. The van der Waals surface area contributed by atoms with Crippen molar-refractivity contribution in [1.82, 2.24) is 24.8 Å². The van der Waals surface area contributed by atoms with Crippen molar-refractivity contribution in [3.63, 3.8) is 0 Å². The molecule has 1 saturated heterocycles. The molecule has 8 nitrogen and oxygen atoms in total. The maximum absolute atomic E-state index is 12.5. The van der Waals surface area contributed by atoms with Gasteiger partial charge in [0.1, 0.15) is 5.82 Å². The Morgan fingerprint density at radius 3 is 2.55 bits per heavy atom. The van der Waals surface area contributed by atoms with E-state index in [9.17, 15) is 4.79 Å². The fraction of sp³-hybridized carbons (Fsp3) is 0.182. The minimum Gasteiger partial charge on any atom is -0.459 e. The van der Waals surface area contributed by atoms with Gasteiger partial charge in [0.05, 0.1) is 17.5 Å². The molecule has 1 aromatic carbocycles. The maximum atomic E-state index is 12.5. The second-order valence-corrected chi connectivity index (χ2v) is 7.57. The van der Waals surface area contributed by atoms with Gasteiger partial charge < -0.3 is 19.2 Å². The lowest BCUT2D eigenvalue weighted by atomic mass is 10.1. The first-order valence-corrected chi connectivity index (χ1v) is 10.3. The zero-order chi connectivity index (χ0) is 21.2. The quantitative estimate of drug-likeness (QED) is 0.526. The van der Waals surface area contributed by atoms with Crippen LogP contribution in [0.2, 0.25) is 5.02 Å². The Morgan fingerprint density at radius 1 is 1.06 bits per heavy atom. The molecule has 0 radical (unpaired) electrons. The summed E-state index contributed by atoms with van der Waals surface area (Å²) in [6, 6.07) is 10.9. The summed E-state index contributed by atoms with van der Waals surface area (Å²) in [5.41, 5.74) is 2.50. The third kappa shape index (κ3) is 3.89. The molecule has 1 aliphatic heterocycles. The molecule has 1 N–H and O–H groups in total. The van der Waals surface area contributed by atoms with Gasteiger partial charge in [-0.1, -0.05) is 23.7 Å². The predicted octanol–water partition coefficient (Wildman–Crippen LogP) is 3.74. The molecule has 5 rings (SSSR count). The Kier molecular flexibility index (Phi) is 5.13. The van der Waals surface area contributed by atoms with Gasteiger partial charge in [-0.3, -0.25) is 4.79 Å². The van der Waals surface area contributed by atoms with Gasteiger partial charge in [-0.2, -0.15) is 0 Å². The summed E-state index contributed by atoms with van der Waals surface area (Å²) < 4.78 is 5.23. The monoisotopic (exact) mass is 434 g/mol. The van der Waals surface area contributed by atoms with E-state index < -0.39 is 0 Å². The van der Waals surface area contributed by atoms with E-state index in [1.54, 1.807) is 35.6 Å². The number of anilines is 1. The number of hydrogen-bond acceptors (Lipinski definition) is 6. The molecule has 0 aliphatic carbocycles. The van der Waals surface area contributed by atoms with Gasteiger partial charge in [0.2, 0.25) is 5.95 Å². The zero-order valence-electron chi connectivity index (χ0n) is 16.5. The summed E-state index contributed by atoms with van der Waals surface area (Å²) >= 11 is 6.07. The van der Waals surface area contributed by atoms with Crippen LogP contribution < -0.4 is 4.90 Å². The lowest BCUT2D eigenvalue weighted by molar-refractivity contribution is 0.0714. The van der Waals surface area contributed by atoms with Crippen LogP contribution in [-0.2, 0) is 0 Å².